The van der Waals surface area contributed by atoms with Crippen LogP contribution in [0.2, 0.25) is 0 Å². The predicted octanol–water partition coefficient (Wildman–Crippen LogP) is 4.89. The summed E-state index contributed by atoms with van der Waals surface area (Å²) in [5.74, 6) is 0.822. The minimum atomic E-state index is 0.822. The molecule has 0 unspecified atom stereocenters. The first kappa shape index (κ1) is 40.5. The molecule has 0 bridgehead atoms. The Morgan fingerprint density at radius 1 is 0.347 bits per heavy atom. The molecule has 0 amide bonds. The molecule has 0 aromatic carbocycles. The van der Waals surface area contributed by atoms with Gasteiger partial charge in [0.1, 0.15) is 18.5 Å². The van der Waals surface area contributed by atoms with Crippen LogP contribution in [0, 0.1) is 48.5 Å². The summed E-state index contributed by atoms with van der Waals surface area (Å²) in [6.07, 6.45) is 19.9. The predicted molar refractivity (Wildman–Crippen MR) is 185 cm³/mol. The van der Waals surface area contributed by atoms with Gasteiger partial charge in [0.2, 0.25) is 0 Å². The van der Waals surface area contributed by atoms with Gasteiger partial charge in [-0.1, -0.05) is 6.07 Å². The van der Waals surface area contributed by atoms with Gasteiger partial charge < -0.3 is 0 Å². The lowest BCUT2D eigenvalue weighted by Gasteiger charge is -1.82. The third-order valence-corrected chi connectivity index (χ3v) is 4.87. The minimum absolute atomic E-state index is 0.822. The molecule has 15 nitrogen and oxygen atoms in total. The highest BCUT2D eigenvalue weighted by molar-refractivity contribution is 5.00. The van der Waals surface area contributed by atoms with E-state index in [1.807, 2.05) is 84.9 Å². The van der Waals surface area contributed by atoms with Gasteiger partial charge in [-0.05, 0) is 96.1 Å². The Labute approximate surface area is 287 Å². The third kappa shape index (κ3) is 26.4. The number of hydrogen-bond donors (Lipinski definition) is 0. The molecule has 0 aliphatic heterocycles. The van der Waals surface area contributed by atoms with Gasteiger partial charge in [0, 0.05) is 61.0 Å². The van der Waals surface area contributed by atoms with Gasteiger partial charge in [-0.3, -0.25) is 15.0 Å². The lowest BCUT2D eigenvalue weighted by atomic mass is 10.4. The van der Waals surface area contributed by atoms with E-state index in [0.29, 0.717) is 0 Å². The van der Waals surface area contributed by atoms with Crippen LogP contribution in [0.5, 0.6) is 0 Å². The molecule has 7 rings (SSSR count). The normalized spacial score (nSPS) is 8.71. The Bertz CT molecular complexity index is 1320. The average Bonchev–Trinajstić information content (AvgIpc) is 3.12. The molecule has 7 aromatic heterocycles. The van der Waals surface area contributed by atoms with Crippen molar-refractivity contribution >= 4 is 0 Å². The molecule has 7 aromatic rings. The number of aromatic nitrogens is 15. The molecule has 0 fully saturated rings. The van der Waals surface area contributed by atoms with Gasteiger partial charge in [0.05, 0.1) is 35.2 Å². The highest BCUT2D eigenvalue weighted by Gasteiger charge is 1.79. The number of rotatable bonds is 0. The van der Waals surface area contributed by atoms with Crippen LogP contribution in [0.25, 0.3) is 0 Å². The van der Waals surface area contributed by atoms with Gasteiger partial charge >= 0.3 is 0 Å². The molecule has 0 saturated heterocycles. The Kier molecular flexibility index (Phi) is 23.0. The van der Waals surface area contributed by atoms with Gasteiger partial charge in [0.15, 0.2) is 0 Å². The summed E-state index contributed by atoms with van der Waals surface area (Å²) >= 11 is 0. The molecular formula is C34H41N15. The molecule has 252 valence electrons. The van der Waals surface area contributed by atoms with Gasteiger partial charge in [-0.15, -0.1) is 15.3 Å². The Balaban J connectivity index is 0.000000286. The van der Waals surface area contributed by atoms with Crippen LogP contribution >= 0.6 is 0 Å². The van der Waals surface area contributed by atoms with E-state index in [1.54, 1.807) is 74.1 Å². The van der Waals surface area contributed by atoms with E-state index in [9.17, 15) is 0 Å². The first-order valence-electron chi connectivity index (χ1n) is 14.8. The van der Waals surface area contributed by atoms with E-state index in [1.165, 1.54) is 12.7 Å². The summed E-state index contributed by atoms with van der Waals surface area (Å²) in [5.41, 5.74) is 5.75. The highest BCUT2D eigenvalue weighted by Crippen LogP contribution is 1.86. The van der Waals surface area contributed by atoms with E-state index < -0.39 is 0 Å². The fourth-order valence-electron chi connectivity index (χ4n) is 2.55. The van der Waals surface area contributed by atoms with Crippen molar-refractivity contribution in [1.82, 2.24) is 75.7 Å². The van der Waals surface area contributed by atoms with Crippen LogP contribution in [0.15, 0.2) is 123 Å². The molecule has 0 N–H and O–H groups in total. The first-order valence-corrected chi connectivity index (χ1v) is 14.8. The SMILES string of the molecule is Cc1ccccn1.Cc1cccnn1.Cc1ccncn1.Cc1ccnnn1.Cc1cnccn1.Cc1cncnn1.Cc1ncccn1. The van der Waals surface area contributed by atoms with Crippen LogP contribution in [-0.4, -0.2) is 75.7 Å². The maximum atomic E-state index is 3.98. The molecule has 49 heavy (non-hydrogen) atoms. The lowest BCUT2D eigenvalue weighted by Crippen LogP contribution is -1.85. The van der Waals surface area contributed by atoms with Crippen LogP contribution in [0.1, 0.15) is 40.0 Å². The van der Waals surface area contributed by atoms with E-state index in [4.69, 9.17) is 0 Å². The molecule has 0 atom stereocenters. The van der Waals surface area contributed by atoms with Crippen LogP contribution in [-0.2, 0) is 0 Å². The molecule has 0 aliphatic rings. The van der Waals surface area contributed by atoms with Crippen LogP contribution < -0.4 is 0 Å². The zero-order chi connectivity index (χ0) is 35.8. The quantitative estimate of drug-likeness (QED) is 0.213. The lowest BCUT2D eigenvalue weighted by molar-refractivity contribution is 0.839. The molecule has 0 aliphatic carbocycles. The second-order valence-corrected chi connectivity index (χ2v) is 9.34. The Morgan fingerprint density at radius 2 is 1.00 bits per heavy atom. The monoisotopic (exact) mass is 659 g/mol. The Morgan fingerprint density at radius 3 is 1.29 bits per heavy atom. The van der Waals surface area contributed by atoms with Crippen molar-refractivity contribution in [3.63, 3.8) is 0 Å². The fourth-order valence-corrected chi connectivity index (χ4v) is 2.55. The smallest absolute Gasteiger partial charge is 0.138 e. The van der Waals surface area contributed by atoms with Crippen molar-refractivity contribution in [3.8, 4) is 0 Å². The first-order chi connectivity index (χ1) is 23.8. The molecule has 0 saturated carbocycles. The standard InChI is InChI=1S/C6H7N.4C5H6N2.2C4H5N3/c1-6-4-2-3-5-7-6;1-5-4-6-2-3-7-5;1-5-2-3-6-4-7-5;1-5-6-3-2-4-7-5;1-5-3-2-4-6-7-5;1-4-2-5-3-6-7-4;1-4-2-3-5-7-6-4/h2-5H,1H3;4*2-4H,1H3;2*2-3H,1H3. The zero-order valence-electron chi connectivity index (χ0n) is 28.8. The van der Waals surface area contributed by atoms with Crippen molar-refractivity contribution < 1.29 is 0 Å². The molecular weight excluding hydrogens is 618 g/mol. The number of nitrogens with zero attached hydrogens (tertiary/aromatic N) is 15. The van der Waals surface area contributed by atoms with Crippen LogP contribution in [0.4, 0.5) is 0 Å². The largest absolute Gasteiger partial charge is 0.262 e. The maximum Gasteiger partial charge on any atom is 0.138 e. The summed E-state index contributed by atoms with van der Waals surface area (Å²) < 4.78 is 0. The van der Waals surface area contributed by atoms with Crippen LogP contribution in [0.3, 0.4) is 0 Å². The van der Waals surface area contributed by atoms with E-state index in [0.717, 1.165) is 40.0 Å². The summed E-state index contributed by atoms with van der Waals surface area (Å²) in [4.78, 5) is 30.8. The summed E-state index contributed by atoms with van der Waals surface area (Å²) in [5, 5.41) is 25.0. The fraction of sp³-hybridized carbons (Fsp3) is 0.206. The minimum Gasteiger partial charge on any atom is -0.262 e. The molecule has 15 heteroatoms. The number of aryl methyl sites for hydroxylation is 7. The molecule has 7 heterocycles. The summed E-state index contributed by atoms with van der Waals surface area (Å²) in [6, 6.07) is 15.1. The van der Waals surface area contributed by atoms with Crippen molar-refractivity contribution in [2.24, 2.45) is 0 Å². The molecule has 0 spiro atoms. The second kappa shape index (κ2) is 27.8. The summed E-state index contributed by atoms with van der Waals surface area (Å²) in [7, 11) is 0. The topological polar surface area (TPSA) is 193 Å². The van der Waals surface area contributed by atoms with E-state index in [-0.39, 0.29) is 0 Å². The number of pyridine rings is 1. The summed E-state index contributed by atoms with van der Waals surface area (Å²) in [6.45, 7) is 13.3. The molecule has 0 radical (unpaired) electrons. The third-order valence-electron chi connectivity index (χ3n) is 4.87. The Hall–Kier alpha value is -6.51. The van der Waals surface area contributed by atoms with E-state index in [2.05, 4.69) is 75.7 Å². The van der Waals surface area contributed by atoms with Gasteiger partial charge in [-0.25, -0.2) is 24.9 Å². The average molecular weight is 660 g/mol. The highest BCUT2D eigenvalue weighted by atomic mass is 15.3. The maximum absolute atomic E-state index is 3.98. The van der Waals surface area contributed by atoms with E-state index >= 15 is 0 Å². The van der Waals surface area contributed by atoms with Crippen molar-refractivity contribution in [1.29, 1.82) is 0 Å². The van der Waals surface area contributed by atoms with Crippen molar-refractivity contribution in [2.45, 2.75) is 48.5 Å². The van der Waals surface area contributed by atoms with Crippen molar-refractivity contribution in [3.05, 3.63) is 163 Å². The second-order valence-electron chi connectivity index (χ2n) is 9.34. The van der Waals surface area contributed by atoms with Gasteiger partial charge in [-0.2, -0.15) is 15.3 Å². The number of hydrogen-bond acceptors (Lipinski definition) is 15. The van der Waals surface area contributed by atoms with Gasteiger partial charge in [0.25, 0.3) is 0 Å². The van der Waals surface area contributed by atoms with Crippen molar-refractivity contribution in [2.75, 3.05) is 0 Å². The zero-order valence-corrected chi connectivity index (χ0v) is 28.8.